The SMILES string of the molecule is CCOc1cc(CNC(=NC)N(C)CC(=O)NC(C)(C)C)ccc1OC.I. The highest BCUT2D eigenvalue weighted by Crippen LogP contribution is 2.27. The zero-order valence-electron chi connectivity index (χ0n) is 17.4. The summed E-state index contributed by atoms with van der Waals surface area (Å²) >= 11 is 0. The molecule has 0 unspecified atom stereocenters. The highest BCUT2D eigenvalue weighted by Gasteiger charge is 2.16. The predicted octanol–water partition coefficient (Wildman–Crippen LogP) is 2.63. The summed E-state index contributed by atoms with van der Waals surface area (Å²) in [4.78, 5) is 18.1. The van der Waals surface area contributed by atoms with Crippen molar-refractivity contribution in [3.8, 4) is 11.5 Å². The number of hydrogen-bond acceptors (Lipinski definition) is 4. The second-order valence-electron chi connectivity index (χ2n) is 6.97. The van der Waals surface area contributed by atoms with E-state index >= 15 is 0 Å². The Morgan fingerprint density at radius 3 is 2.44 bits per heavy atom. The molecular formula is C19H33IN4O3. The molecule has 0 aliphatic carbocycles. The van der Waals surface area contributed by atoms with Crippen molar-refractivity contribution in [3.05, 3.63) is 23.8 Å². The van der Waals surface area contributed by atoms with Crippen molar-refractivity contribution in [2.45, 2.75) is 39.8 Å². The monoisotopic (exact) mass is 492 g/mol. The molecule has 0 aromatic heterocycles. The lowest BCUT2D eigenvalue weighted by molar-refractivity contribution is -0.122. The maximum absolute atomic E-state index is 12.1. The molecule has 0 atom stereocenters. The van der Waals surface area contributed by atoms with Gasteiger partial charge in [-0.05, 0) is 45.4 Å². The van der Waals surface area contributed by atoms with E-state index in [-0.39, 0.29) is 42.0 Å². The van der Waals surface area contributed by atoms with Crippen LogP contribution in [0.3, 0.4) is 0 Å². The molecule has 0 aliphatic heterocycles. The van der Waals surface area contributed by atoms with Crippen LogP contribution in [0.4, 0.5) is 0 Å². The van der Waals surface area contributed by atoms with Crippen molar-refractivity contribution in [2.24, 2.45) is 4.99 Å². The van der Waals surface area contributed by atoms with E-state index in [0.717, 1.165) is 5.56 Å². The molecule has 0 saturated carbocycles. The van der Waals surface area contributed by atoms with E-state index in [1.54, 1.807) is 19.1 Å². The molecule has 1 aromatic rings. The summed E-state index contributed by atoms with van der Waals surface area (Å²) in [6.07, 6.45) is 0. The first-order valence-electron chi connectivity index (χ1n) is 8.72. The Balaban J connectivity index is 0.00000676. The van der Waals surface area contributed by atoms with Crippen molar-refractivity contribution >= 4 is 35.8 Å². The molecule has 0 spiro atoms. The largest absolute Gasteiger partial charge is 0.493 e. The Labute approximate surface area is 179 Å². The van der Waals surface area contributed by atoms with Crippen LogP contribution in [0.1, 0.15) is 33.3 Å². The minimum atomic E-state index is -0.256. The number of methoxy groups -OCH3 is 1. The molecule has 2 N–H and O–H groups in total. The maximum Gasteiger partial charge on any atom is 0.240 e. The number of carbonyl (C=O) groups is 1. The molecule has 27 heavy (non-hydrogen) atoms. The zero-order chi connectivity index (χ0) is 19.7. The van der Waals surface area contributed by atoms with Crippen LogP contribution in [-0.2, 0) is 11.3 Å². The van der Waals surface area contributed by atoms with Crippen LogP contribution in [0, 0.1) is 0 Å². The van der Waals surface area contributed by atoms with E-state index < -0.39 is 0 Å². The summed E-state index contributed by atoms with van der Waals surface area (Å²) in [7, 11) is 5.15. The number of amides is 1. The number of nitrogens with one attached hydrogen (secondary N) is 2. The quantitative estimate of drug-likeness (QED) is 0.348. The van der Waals surface area contributed by atoms with E-state index in [4.69, 9.17) is 9.47 Å². The summed E-state index contributed by atoms with van der Waals surface area (Å²) in [5, 5.41) is 6.20. The fourth-order valence-electron chi connectivity index (χ4n) is 2.41. The highest BCUT2D eigenvalue weighted by molar-refractivity contribution is 14.0. The molecule has 0 heterocycles. The van der Waals surface area contributed by atoms with Gasteiger partial charge in [0.2, 0.25) is 5.91 Å². The van der Waals surface area contributed by atoms with Gasteiger partial charge in [-0.2, -0.15) is 0 Å². The van der Waals surface area contributed by atoms with Gasteiger partial charge in [-0.1, -0.05) is 6.07 Å². The number of nitrogens with zero attached hydrogens (tertiary/aromatic N) is 2. The summed E-state index contributed by atoms with van der Waals surface area (Å²) < 4.78 is 10.9. The van der Waals surface area contributed by atoms with Crippen LogP contribution in [0.25, 0.3) is 0 Å². The Bertz CT molecular complexity index is 630. The first-order valence-corrected chi connectivity index (χ1v) is 8.72. The molecule has 1 rings (SSSR count). The van der Waals surface area contributed by atoms with Crippen LogP contribution in [0.5, 0.6) is 11.5 Å². The molecule has 1 amide bonds. The van der Waals surface area contributed by atoms with Crippen LogP contribution in [0.2, 0.25) is 0 Å². The van der Waals surface area contributed by atoms with Gasteiger partial charge in [-0.25, -0.2) is 0 Å². The minimum Gasteiger partial charge on any atom is -0.493 e. The first-order chi connectivity index (χ1) is 12.2. The van der Waals surface area contributed by atoms with Crippen LogP contribution in [-0.4, -0.2) is 56.7 Å². The van der Waals surface area contributed by atoms with Gasteiger partial charge in [0, 0.05) is 26.2 Å². The van der Waals surface area contributed by atoms with Gasteiger partial charge in [-0.3, -0.25) is 9.79 Å². The third-order valence-corrected chi connectivity index (χ3v) is 3.45. The summed E-state index contributed by atoms with van der Waals surface area (Å²) in [5.74, 6) is 2.01. The summed E-state index contributed by atoms with van der Waals surface area (Å²) in [6, 6.07) is 5.79. The predicted molar refractivity (Wildman–Crippen MR) is 120 cm³/mol. The maximum atomic E-state index is 12.1. The van der Waals surface area contributed by atoms with Gasteiger partial charge < -0.3 is 25.0 Å². The molecule has 8 heteroatoms. The molecular weight excluding hydrogens is 459 g/mol. The number of rotatable bonds is 7. The Morgan fingerprint density at radius 2 is 1.93 bits per heavy atom. The smallest absolute Gasteiger partial charge is 0.240 e. The normalized spacial score (nSPS) is 11.3. The summed E-state index contributed by atoms with van der Waals surface area (Å²) in [6.45, 7) is 9.16. The summed E-state index contributed by atoms with van der Waals surface area (Å²) in [5.41, 5.74) is 0.774. The van der Waals surface area contributed by atoms with Crippen LogP contribution >= 0.6 is 24.0 Å². The molecule has 0 fully saturated rings. The average Bonchev–Trinajstić information content (AvgIpc) is 2.54. The van der Waals surface area contributed by atoms with Crippen molar-refractivity contribution in [2.75, 3.05) is 34.4 Å². The number of aliphatic imine (C=N–C) groups is 1. The van der Waals surface area contributed by atoms with E-state index in [9.17, 15) is 4.79 Å². The van der Waals surface area contributed by atoms with Crippen molar-refractivity contribution in [3.63, 3.8) is 0 Å². The number of hydrogen-bond donors (Lipinski definition) is 2. The second-order valence-corrected chi connectivity index (χ2v) is 6.97. The molecule has 0 bridgehead atoms. The standard InChI is InChI=1S/C19H32N4O3.HI/c1-8-26-16-11-14(9-10-15(16)25-7)12-21-18(20-5)23(6)13-17(24)22-19(2,3)4;/h9-11H,8,12-13H2,1-7H3,(H,20,21)(H,22,24);1H. The number of benzene rings is 1. The fraction of sp³-hybridized carbons (Fsp3) is 0.579. The van der Waals surface area contributed by atoms with E-state index in [1.165, 1.54) is 0 Å². The highest BCUT2D eigenvalue weighted by atomic mass is 127. The molecule has 7 nitrogen and oxygen atoms in total. The third-order valence-electron chi connectivity index (χ3n) is 3.45. The van der Waals surface area contributed by atoms with Crippen molar-refractivity contribution in [1.82, 2.24) is 15.5 Å². The number of halogens is 1. The number of carbonyl (C=O) groups excluding carboxylic acids is 1. The first kappa shape index (κ1) is 25.3. The number of guanidine groups is 1. The fourth-order valence-corrected chi connectivity index (χ4v) is 2.41. The van der Waals surface area contributed by atoms with Gasteiger partial charge in [0.15, 0.2) is 17.5 Å². The lowest BCUT2D eigenvalue weighted by Gasteiger charge is -2.25. The minimum absolute atomic E-state index is 0. The lowest BCUT2D eigenvalue weighted by Crippen LogP contribution is -2.48. The molecule has 1 aromatic carbocycles. The number of ether oxygens (including phenoxy) is 2. The Hall–Kier alpha value is -1.71. The van der Waals surface area contributed by atoms with Crippen molar-refractivity contribution in [1.29, 1.82) is 0 Å². The topological polar surface area (TPSA) is 75.2 Å². The van der Waals surface area contributed by atoms with E-state index in [2.05, 4.69) is 15.6 Å². The van der Waals surface area contributed by atoms with E-state index in [0.29, 0.717) is 30.6 Å². The van der Waals surface area contributed by atoms with Crippen molar-refractivity contribution < 1.29 is 14.3 Å². The van der Waals surface area contributed by atoms with Crippen LogP contribution in [0.15, 0.2) is 23.2 Å². The Kier molecular flexibility index (Phi) is 11.1. The average molecular weight is 492 g/mol. The molecule has 154 valence electrons. The van der Waals surface area contributed by atoms with Gasteiger partial charge >= 0.3 is 0 Å². The zero-order valence-corrected chi connectivity index (χ0v) is 19.7. The third kappa shape index (κ3) is 9.16. The van der Waals surface area contributed by atoms with Gasteiger partial charge in [-0.15, -0.1) is 24.0 Å². The molecule has 0 saturated heterocycles. The Morgan fingerprint density at radius 1 is 1.26 bits per heavy atom. The van der Waals surface area contributed by atoms with Gasteiger partial charge in [0.1, 0.15) is 0 Å². The van der Waals surface area contributed by atoms with Gasteiger partial charge in [0.25, 0.3) is 0 Å². The van der Waals surface area contributed by atoms with E-state index in [1.807, 2.05) is 52.9 Å². The van der Waals surface area contributed by atoms with Crippen LogP contribution < -0.4 is 20.1 Å². The lowest BCUT2D eigenvalue weighted by atomic mass is 10.1. The molecule has 0 radical (unpaired) electrons. The number of likely N-dealkylation sites (N-methyl/N-ethyl adjacent to an activating group) is 1. The van der Waals surface area contributed by atoms with Gasteiger partial charge in [0.05, 0.1) is 20.3 Å². The molecule has 0 aliphatic rings. The second kappa shape index (κ2) is 11.9.